The van der Waals surface area contributed by atoms with Gasteiger partial charge in [0.25, 0.3) is 0 Å². The van der Waals surface area contributed by atoms with Crippen LogP contribution in [0, 0.1) is 16.0 Å². The lowest BCUT2D eigenvalue weighted by molar-refractivity contribution is -0.385. The Morgan fingerprint density at radius 2 is 1.72 bits per heavy atom. The number of benzene rings is 2. The monoisotopic (exact) mass is 340 g/mol. The van der Waals surface area contributed by atoms with E-state index in [1.54, 1.807) is 18.2 Å². The highest BCUT2D eigenvalue weighted by Crippen LogP contribution is 2.26. The number of hydrogen-bond acceptors (Lipinski definition) is 4. The molecule has 0 atom stereocenters. The fourth-order valence-electron chi connectivity index (χ4n) is 3.38. The van der Waals surface area contributed by atoms with E-state index >= 15 is 0 Å². The molecule has 25 heavy (non-hydrogen) atoms. The summed E-state index contributed by atoms with van der Waals surface area (Å²) in [5.41, 5.74) is 1.45. The van der Waals surface area contributed by atoms with Crippen LogP contribution in [0.15, 0.2) is 54.6 Å². The van der Waals surface area contributed by atoms with Crippen LogP contribution in [-0.4, -0.2) is 36.1 Å². The summed E-state index contributed by atoms with van der Waals surface area (Å²) in [6, 6.07) is 17.2. The predicted octanol–water partition coefficient (Wildman–Crippen LogP) is 3.93. The lowest BCUT2D eigenvalue weighted by atomic mass is 9.90. The molecular formula is C20H24N2O3. The van der Waals surface area contributed by atoms with Crippen molar-refractivity contribution in [3.8, 4) is 5.75 Å². The summed E-state index contributed by atoms with van der Waals surface area (Å²) < 4.78 is 5.64. The molecule has 5 nitrogen and oxygen atoms in total. The van der Waals surface area contributed by atoms with Gasteiger partial charge in [-0.1, -0.05) is 42.5 Å². The number of nitrogens with zero attached hydrogens (tertiary/aromatic N) is 2. The van der Waals surface area contributed by atoms with Crippen LogP contribution in [0.25, 0.3) is 0 Å². The molecule has 5 heteroatoms. The van der Waals surface area contributed by atoms with Gasteiger partial charge in [0, 0.05) is 12.6 Å². The number of nitro groups is 1. The summed E-state index contributed by atoms with van der Waals surface area (Å²) >= 11 is 0. The van der Waals surface area contributed by atoms with Gasteiger partial charge in [0.15, 0.2) is 5.75 Å². The largest absolute Gasteiger partial charge is 0.485 e. The molecule has 2 aromatic carbocycles. The van der Waals surface area contributed by atoms with Gasteiger partial charge in [-0.3, -0.25) is 15.0 Å². The van der Waals surface area contributed by atoms with Crippen LogP contribution >= 0.6 is 0 Å². The van der Waals surface area contributed by atoms with Crippen molar-refractivity contribution in [2.45, 2.75) is 19.3 Å². The molecule has 1 fully saturated rings. The minimum atomic E-state index is -0.398. The Kier molecular flexibility index (Phi) is 6.01. The Labute approximate surface area is 148 Å². The zero-order valence-corrected chi connectivity index (χ0v) is 14.3. The van der Waals surface area contributed by atoms with Crippen molar-refractivity contribution >= 4 is 5.69 Å². The van der Waals surface area contributed by atoms with E-state index in [1.807, 2.05) is 0 Å². The third kappa shape index (κ3) is 5.03. The average molecular weight is 340 g/mol. The van der Waals surface area contributed by atoms with Gasteiger partial charge in [0.05, 0.1) is 4.92 Å². The SMILES string of the molecule is O=[N+]([O-])c1ccccc1OCCN1CCC(Cc2ccccc2)CC1. The van der Waals surface area contributed by atoms with Crippen LogP contribution in [0.1, 0.15) is 18.4 Å². The van der Waals surface area contributed by atoms with E-state index in [2.05, 4.69) is 35.2 Å². The zero-order chi connectivity index (χ0) is 17.5. The van der Waals surface area contributed by atoms with Crippen molar-refractivity contribution < 1.29 is 9.66 Å². The van der Waals surface area contributed by atoms with E-state index in [-0.39, 0.29) is 5.69 Å². The van der Waals surface area contributed by atoms with E-state index in [1.165, 1.54) is 24.5 Å². The number of piperidine rings is 1. The van der Waals surface area contributed by atoms with Gasteiger partial charge < -0.3 is 4.74 Å². The van der Waals surface area contributed by atoms with E-state index in [9.17, 15) is 10.1 Å². The molecule has 2 aromatic rings. The summed E-state index contributed by atoms with van der Waals surface area (Å²) in [6.45, 7) is 3.42. The first kappa shape index (κ1) is 17.4. The Morgan fingerprint density at radius 3 is 2.44 bits per heavy atom. The molecule has 1 heterocycles. The Bertz CT molecular complexity index is 682. The number of para-hydroxylation sites is 2. The second-order valence-corrected chi connectivity index (χ2v) is 6.55. The van der Waals surface area contributed by atoms with E-state index < -0.39 is 4.92 Å². The van der Waals surface area contributed by atoms with Crippen molar-refractivity contribution in [3.05, 3.63) is 70.3 Å². The minimum Gasteiger partial charge on any atom is -0.485 e. The van der Waals surface area contributed by atoms with E-state index in [4.69, 9.17) is 4.74 Å². The molecule has 0 unspecified atom stereocenters. The normalized spacial score (nSPS) is 15.8. The molecule has 1 aliphatic rings. The number of rotatable bonds is 7. The second-order valence-electron chi connectivity index (χ2n) is 6.55. The van der Waals surface area contributed by atoms with Crippen molar-refractivity contribution in [1.82, 2.24) is 4.90 Å². The number of nitro benzene ring substituents is 1. The van der Waals surface area contributed by atoms with Gasteiger partial charge in [-0.05, 0) is 49.9 Å². The second kappa shape index (κ2) is 8.62. The number of hydrogen-bond donors (Lipinski definition) is 0. The maximum atomic E-state index is 11.0. The average Bonchev–Trinajstić information content (AvgIpc) is 2.64. The van der Waals surface area contributed by atoms with Crippen molar-refractivity contribution in [2.24, 2.45) is 5.92 Å². The maximum absolute atomic E-state index is 11.0. The van der Waals surface area contributed by atoms with E-state index in [0.717, 1.165) is 32.0 Å². The molecule has 0 aromatic heterocycles. The zero-order valence-electron chi connectivity index (χ0n) is 14.3. The standard InChI is InChI=1S/C20H24N2O3/c23-22(24)19-8-4-5-9-20(19)25-15-14-21-12-10-18(11-13-21)16-17-6-2-1-3-7-17/h1-9,18H,10-16H2. The van der Waals surface area contributed by atoms with Crippen LogP contribution in [0.4, 0.5) is 5.69 Å². The first-order valence-corrected chi connectivity index (χ1v) is 8.85. The first-order valence-electron chi connectivity index (χ1n) is 8.85. The van der Waals surface area contributed by atoms with Gasteiger partial charge >= 0.3 is 5.69 Å². The van der Waals surface area contributed by atoms with Crippen molar-refractivity contribution in [2.75, 3.05) is 26.2 Å². The summed E-state index contributed by atoms with van der Waals surface area (Å²) in [6.07, 6.45) is 3.54. The van der Waals surface area contributed by atoms with Crippen LogP contribution in [0.2, 0.25) is 0 Å². The van der Waals surface area contributed by atoms with Crippen molar-refractivity contribution in [1.29, 1.82) is 0 Å². The Balaban J connectivity index is 1.40. The molecule has 0 radical (unpaired) electrons. The van der Waals surface area contributed by atoms with Gasteiger partial charge in [0.2, 0.25) is 0 Å². The highest BCUT2D eigenvalue weighted by atomic mass is 16.6. The Morgan fingerprint density at radius 1 is 1.04 bits per heavy atom. The molecule has 1 aliphatic heterocycles. The van der Waals surface area contributed by atoms with Crippen molar-refractivity contribution in [3.63, 3.8) is 0 Å². The van der Waals surface area contributed by atoms with Gasteiger partial charge in [-0.2, -0.15) is 0 Å². The maximum Gasteiger partial charge on any atom is 0.310 e. The summed E-state index contributed by atoms with van der Waals surface area (Å²) in [5.74, 6) is 1.10. The van der Waals surface area contributed by atoms with Gasteiger partial charge in [0.1, 0.15) is 6.61 Å². The fourth-order valence-corrected chi connectivity index (χ4v) is 3.38. The summed E-state index contributed by atoms with van der Waals surface area (Å²) in [5, 5.41) is 11.0. The highest BCUT2D eigenvalue weighted by Gasteiger charge is 2.20. The first-order chi connectivity index (χ1) is 12.2. The smallest absolute Gasteiger partial charge is 0.310 e. The van der Waals surface area contributed by atoms with Gasteiger partial charge in [-0.15, -0.1) is 0 Å². The molecular weight excluding hydrogens is 316 g/mol. The molecule has 0 bridgehead atoms. The topological polar surface area (TPSA) is 55.6 Å². The molecule has 0 amide bonds. The third-order valence-corrected chi connectivity index (χ3v) is 4.80. The van der Waals surface area contributed by atoms with Crippen LogP contribution in [0.5, 0.6) is 5.75 Å². The highest BCUT2D eigenvalue weighted by molar-refractivity contribution is 5.45. The predicted molar refractivity (Wildman–Crippen MR) is 97.9 cm³/mol. The lowest BCUT2D eigenvalue weighted by Crippen LogP contribution is -2.37. The molecule has 3 rings (SSSR count). The van der Waals surface area contributed by atoms with Crippen LogP contribution in [-0.2, 0) is 6.42 Å². The fraction of sp³-hybridized carbons (Fsp3) is 0.400. The minimum absolute atomic E-state index is 0.0315. The summed E-state index contributed by atoms with van der Waals surface area (Å²) in [7, 11) is 0. The van der Waals surface area contributed by atoms with Crippen LogP contribution < -0.4 is 4.74 Å². The lowest BCUT2D eigenvalue weighted by Gasteiger charge is -2.31. The molecule has 0 N–H and O–H groups in total. The Hall–Kier alpha value is -2.40. The summed E-state index contributed by atoms with van der Waals surface area (Å²) in [4.78, 5) is 13.0. The van der Waals surface area contributed by atoms with Crippen LogP contribution in [0.3, 0.4) is 0 Å². The van der Waals surface area contributed by atoms with E-state index in [0.29, 0.717) is 12.4 Å². The number of ether oxygens (including phenoxy) is 1. The molecule has 1 saturated heterocycles. The van der Waals surface area contributed by atoms with Gasteiger partial charge in [-0.25, -0.2) is 0 Å². The molecule has 0 spiro atoms. The number of likely N-dealkylation sites (tertiary alicyclic amines) is 1. The molecule has 0 saturated carbocycles. The molecule has 132 valence electrons. The molecule has 0 aliphatic carbocycles. The third-order valence-electron chi connectivity index (χ3n) is 4.80. The quantitative estimate of drug-likeness (QED) is 0.566.